The third-order valence-electron chi connectivity index (χ3n) is 2.29. The van der Waals surface area contributed by atoms with Crippen LogP contribution in [-0.4, -0.2) is 19.5 Å². The summed E-state index contributed by atoms with van der Waals surface area (Å²) in [6.45, 7) is 14.4. The van der Waals surface area contributed by atoms with Crippen molar-refractivity contribution < 1.29 is 4.79 Å². The summed E-state index contributed by atoms with van der Waals surface area (Å²) in [4.78, 5) is 11.5. The molecule has 0 saturated carbocycles. The van der Waals surface area contributed by atoms with Crippen LogP contribution in [0.2, 0.25) is 19.1 Å². The highest BCUT2D eigenvalue weighted by Crippen LogP contribution is 2.14. The van der Waals surface area contributed by atoms with E-state index < -0.39 is 8.07 Å². The van der Waals surface area contributed by atoms with Gasteiger partial charge in [-0.3, -0.25) is 4.79 Å². The van der Waals surface area contributed by atoms with Crippen LogP contribution in [0.1, 0.15) is 33.6 Å². The lowest BCUT2D eigenvalue weighted by molar-refractivity contribution is -0.122. The molecule has 1 N–H and O–H groups in total. The second-order valence-electron chi connectivity index (χ2n) is 5.84. The zero-order valence-corrected chi connectivity index (χ0v) is 11.8. The molecule has 15 heavy (non-hydrogen) atoms. The zero-order valence-electron chi connectivity index (χ0n) is 10.8. The van der Waals surface area contributed by atoms with Crippen LogP contribution in [0.15, 0.2) is 12.3 Å². The molecule has 0 rings (SSSR count). The molecule has 0 fully saturated rings. The second kappa shape index (κ2) is 5.49. The SMILES string of the molecule is C=C[Si](C)(C)CCCC(=O)NC(C)(C)C. The van der Waals surface area contributed by atoms with Crippen LogP contribution in [0.5, 0.6) is 0 Å². The third kappa shape index (κ3) is 8.42. The first-order chi connectivity index (χ1) is 6.66. The predicted octanol–water partition coefficient (Wildman–Crippen LogP) is 3.11. The van der Waals surface area contributed by atoms with Crippen LogP contribution in [0, 0.1) is 0 Å². The molecule has 0 bridgehead atoms. The summed E-state index contributed by atoms with van der Waals surface area (Å²) in [5, 5.41) is 2.97. The first kappa shape index (κ1) is 14.4. The van der Waals surface area contributed by atoms with Gasteiger partial charge < -0.3 is 5.32 Å². The average Bonchev–Trinajstić information content (AvgIpc) is 2.00. The van der Waals surface area contributed by atoms with Gasteiger partial charge in [-0.05, 0) is 27.2 Å². The van der Waals surface area contributed by atoms with Gasteiger partial charge in [-0.2, -0.15) is 0 Å². The minimum absolute atomic E-state index is 0.109. The molecule has 0 atom stereocenters. The number of hydrogen-bond donors (Lipinski definition) is 1. The largest absolute Gasteiger partial charge is 0.352 e. The highest BCUT2D eigenvalue weighted by molar-refractivity contribution is 6.82. The Morgan fingerprint density at radius 1 is 1.40 bits per heavy atom. The van der Waals surface area contributed by atoms with Crippen molar-refractivity contribution in [1.82, 2.24) is 5.32 Å². The lowest BCUT2D eigenvalue weighted by atomic mass is 10.1. The molecule has 1 amide bonds. The summed E-state index contributed by atoms with van der Waals surface area (Å²) in [7, 11) is -1.22. The average molecular weight is 227 g/mol. The van der Waals surface area contributed by atoms with E-state index in [2.05, 4.69) is 30.7 Å². The Kier molecular flexibility index (Phi) is 5.28. The maximum atomic E-state index is 11.5. The van der Waals surface area contributed by atoms with E-state index in [0.717, 1.165) is 12.5 Å². The first-order valence-corrected chi connectivity index (χ1v) is 8.89. The van der Waals surface area contributed by atoms with E-state index in [-0.39, 0.29) is 11.4 Å². The molecule has 2 nitrogen and oxygen atoms in total. The van der Waals surface area contributed by atoms with Gasteiger partial charge in [-0.15, -0.1) is 12.3 Å². The van der Waals surface area contributed by atoms with E-state index in [9.17, 15) is 4.79 Å². The third-order valence-corrected chi connectivity index (χ3v) is 5.04. The summed E-state index contributed by atoms with van der Waals surface area (Å²) in [6.07, 6.45) is 1.62. The Hall–Kier alpha value is -0.573. The topological polar surface area (TPSA) is 29.1 Å². The molecular formula is C12H25NOSi. The summed E-state index contributed by atoms with van der Waals surface area (Å²) < 4.78 is 0. The van der Waals surface area contributed by atoms with Gasteiger partial charge >= 0.3 is 0 Å². The Balaban J connectivity index is 3.79. The molecule has 0 radical (unpaired) electrons. The van der Waals surface area contributed by atoms with Gasteiger partial charge in [0.1, 0.15) is 0 Å². The molecule has 3 heteroatoms. The molecule has 0 aliphatic rings. The molecule has 0 spiro atoms. The molecule has 0 aliphatic heterocycles. The molecule has 0 heterocycles. The van der Waals surface area contributed by atoms with Gasteiger partial charge in [0.15, 0.2) is 0 Å². The maximum Gasteiger partial charge on any atom is 0.220 e. The van der Waals surface area contributed by atoms with Crippen LogP contribution in [0.4, 0.5) is 0 Å². The highest BCUT2D eigenvalue weighted by atomic mass is 28.3. The number of carbonyl (C=O) groups excluding carboxylic acids is 1. The Morgan fingerprint density at radius 3 is 2.33 bits per heavy atom. The van der Waals surface area contributed by atoms with Crippen molar-refractivity contribution in [2.24, 2.45) is 0 Å². The maximum absolute atomic E-state index is 11.5. The number of hydrogen-bond acceptors (Lipinski definition) is 1. The van der Waals surface area contributed by atoms with Crippen molar-refractivity contribution in [2.45, 2.75) is 58.3 Å². The van der Waals surface area contributed by atoms with E-state index >= 15 is 0 Å². The fraction of sp³-hybridized carbons (Fsp3) is 0.750. The molecule has 0 aliphatic carbocycles. The smallest absolute Gasteiger partial charge is 0.220 e. The first-order valence-electron chi connectivity index (χ1n) is 5.61. The molecule has 0 unspecified atom stereocenters. The highest BCUT2D eigenvalue weighted by Gasteiger charge is 2.17. The second-order valence-corrected chi connectivity index (χ2v) is 10.7. The summed E-state index contributed by atoms with van der Waals surface area (Å²) in [5.41, 5.74) is 1.98. The van der Waals surface area contributed by atoms with Crippen molar-refractivity contribution in [3.05, 3.63) is 12.3 Å². The molecule has 0 aromatic rings. The van der Waals surface area contributed by atoms with Gasteiger partial charge in [0.05, 0.1) is 8.07 Å². The molecule has 0 aromatic carbocycles. The summed E-state index contributed by atoms with van der Waals surface area (Å²) in [5.74, 6) is 0.163. The Morgan fingerprint density at radius 2 is 1.93 bits per heavy atom. The predicted molar refractivity (Wildman–Crippen MR) is 69.6 cm³/mol. The fourth-order valence-electron chi connectivity index (χ4n) is 1.29. The van der Waals surface area contributed by atoms with Crippen LogP contribution >= 0.6 is 0 Å². The summed E-state index contributed by atoms with van der Waals surface area (Å²) in [6, 6.07) is 1.15. The van der Waals surface area contributed by atoms with E-state index in [1.807, 2.05) is 20.8 Å². The van der Waals surface area contributed by atoms with Crippen LogP contribution in [0.3, 0.4) is 0 Å². The van der Waals surface area contributed by atoms with E-state index in [1.165, 1.54) is 0 Å². The van der Waals surface area contributed by atoms with Gasteiger partial charge in [-0.25, -0.2) is 0 Å². The molecule has 0 aromatic heterocycles. The monoisotopic (exact) mass is 227 g/mol. The van der Waals surface area contributed by atoms with Crippen molar-refractivity contribution in [3.63, 3.8) is 0 Å². The normalized spacial score (nSPS) is 12.3. The van der Waals surface area contributed by atoms with E-state index in [4.69, 9.17) is 0 Å². The lowest BCUT2D eigenvalue weighted by Gasteiger charge is -2.21. The quantitative estimate of drug-likeness (QED) is 0.718. The fourth-order valence-corrected chi connectivity index (χ4v) is 2.58. The molecule has 0 saturated heterocycles. The standard InChI is InChI=1S/C12H25NOSi/c1-7-15(5,6)10-8-9-11(14)13-12(2,3)4/h7H,1,8-10H2,2-6H3,(H,13,14). The van der Waals surface area contributed by atoms with Crippen LogP contribution in [-0.2, 0) is 4.79 Å². The zero-order chi connectivity index (χ0) is 12.1. The van der Waals surface area contributed by atoms with Gasteiger partial charge in [0, 0.05) is 12.0 Å². The van der Waals surface area contributed by atoms with Crippen molar-refractivity contribution in [2.75, 3.05) is 0 Å². The molecular weight excluding hydrogens is 202 g/mol. The van der Waals surface area contributed by atoms with Crippen LogP contribution in [0.25, 0.3) is 0 Å². The Bertz CT molecular complexity index is 228. The minimum Gasteiger partial charge on any atom is -0.352 e. The lowest BCUT2D eigenvalue weighted by Crippen LogP contribution is -2.40. The summed E-state index contributed by atoms with van der Waals surface area (Å²) >= 11 is 0. The number of nitrogens with one attached hydrogen (secondary N) is 1. The Labute approximate surface area is 95.2 Å². The van der Waals surface area contributed by atoms with Crippen molar-refractivity contribution >= 4 is 14.0 Å². The van der Waals surface area contributed by atoms with E-state index in [0.29, 0.717) is 6.42 Å². The van der Waals surface area contributed by atoms with Gasteiger partial charge in [-0.1, -0.05) is 19.1 Å². The van der Waals surface area contributed by atoms with Crippen molar-refractivity contribution in [1.29, 1.82) is 0 Å². The number of amides is 1. The van der Waals surface area contributed by atoms with Gasteiger partial charge in [0.25, 0.3) is 0 Å². The van der Waals surface area contributed by atoms with Crippen LogP contribution < -0.4 is 5.32 Å². The number of rotatable bonds is 5. The van der Waals surface area contributed by atoms with Gasteiger partial charge in [0.2, 0.25) is 5.91 Å². The number of carbonyl (C=O) groups is 1. The minimum atomic E-state index is -1.22. The van der Waals surface area contributed by atoms with Crippen molar-refractivity contribution in [3.8, 4) is 0 Å². The van der Waals surface area contributed by atoms with E-state index in [1.54, 1.807) is 0 Å². The molecule has 88 valence electrons.